The van der Waals surface area contributed by atoms with Gasteiger partial charge in [0, 0.05) is 47.7 Å². The smallest absolute Gasteiger partial charge is 0.225 e. The lowest BCUT2D eigenvalue weighted by Gasteiger charge is -2.14. The van der Waals surface area contributed by atoms with E-state index in [0.717, 1.165) is 23.8 Å². The van der Waals surface area contributed by atoms with Crippen LogP contribution < -0.4 is 10.2 Å². The first kappa shape index (κ1) is 17.3. The topological polar surface area (TPSA) is 62.3 Å². The van der Waals surface area contributed by atoms with Crippen LogP contribution in [-0.4, -0.2) is 39.7 Å². The van der Waals surface area contributed by atoms with Crippen molar-refractivity contribution in [3.63, 3.8) is 0 Å². The number of hydrogen-bond donors (Lipinski definition) is 1. The fraction of sp³-hybridized carbons (Fsp3) is 0.692. The van der Waals surface area contributed by atoms with Crippen molar-refractivity contribution in [2.24, 2.45) is 0 Å². The van der Waals surface area contributed by atoms with Crippen LogP contribution in [0.15, 0.2) is 5.38 Å². The van der Waals surface area contributed by atoms with Crippen LogP contribution >= 0.6 is 11.3 Å². The molecule has 1 amide bonds. The number of anilines is 1. The SMILES string of the molecule is CCN(C(C)=O)c1nc(CNCCC(C)S(C)=O)cs1. The zero-order valence-corrected chi connectivity index (χ0v) is 14.1. The standard InChI is InChI=1S/C13H23N3O2S2/c1-5-16(11(3)17)13-15-12(9-19-13)8-14-7-6-10(2)20(4)18/h9-10,14H,5-8H2,1-4H3. The molecule has 5 nitrogen and oxygen atoms in total. The highest BCUT2D eigenvalue weighted by Gasteiger charge is 2.13. The Kier molecular flexibility index (Phi) is 7.32. The summed E-state index contributed by atoms with van der Waals surface area (Å²) >= 11 is 1.49. The Balaban J connectivity index is 2.41. The maximum atomic E-state index is 11.4. The number of carbonyl (C=O) groups is 1. The number of aromatic nitrogens is 1. The van der Waals surface area contributed by atoms with Gasteiger partial charge in [-0.1, -0.05) is 6.92 Å². The van der Waals surface area contributed by atoms with Gasteiger partial charge in [0.25, 0.3) is 0 Å². The van der Waals surface area contributed by atoms with Crippen LogP contribution in [0.5, 0.6) is 0 Å². The Labute approximate surface area is 127 Å². The Hall–Kier alpha value is -0.790. The number of nitrogens with one attached hydrogen (secondary N) is 1. The van der Waals surface area contributed by atoms with Gasteiger partial charge in [-0.05, 0) is 19.9 Å². The summed E-state index contributed by atoms with van der Waals surface area (Å²) in [4.78, 5) is 17.6. The van der Waals surface area contributed by atoms with Gasteiger partial charge in [0.15, 0.2) is 5.13 Å². The zero-order chi connectivity index (χ0) is 15.1. The van der Waals surface area contributed by atoms with Crippen LogP contribution in [0.3, 0.4) is 0 Å². The number of amides is 1. The molecule has 1 heterocycles. The van der Waals surface area contributed by atoms with Gasteiger partial charge in [-0.2, -0.15) is 0 Å². The number of nitrogens with zero attached hydrogens (tertiary/aromatic N) is 2. The third kappa shape index (κ3) is 5.30. The molecule has 2 unspecified atom stereocenters. The maximum absolute atomic E-state index is 11.4. The van der Waals surface area contributed by atoms with Crippen molar-refractivity contribution in [1.82, 2.24) is 10.3 Å². The highest BCUT2D eigenvalue weighted by molar-refractivity contribution is 7.84. The van der Waals surface area contributed by atoms with E-state index in [4.69, 9.17) is 0 Å². The van der Waals surface area contributed by atoms with Crippen molar-refractivity contribution >= 4 is 33.2 Å². The third-order valence-corrected chi connectivity index (χ3v) is 5.35. The molecular weight excluding hydrogens is 294 g/mol. The van der Waals surface area contributed by atoms with Crippen molar-refractivity contribution in [2.75, 3.05) is 24.2 Å². The molecule has 114 valence electrons. The van der Waals surface area contributed by atoms with Gasteiger partial charge in [0.05, 0.1) is 5.69 Å². The first-order valence-corrected chi connectivity index (χ1v) is 9.21. The predicted molar refractivity (Wildman–Crippen MR) is 85.7 cm³/mol. The average Bonchev–Trinajstić information content (AvgIpc) is 2.83. The fourth-order valence-corrected chi connectivity index (χ4v) is 3.06. The van der Waals surface area contributed by atoms with Crippen LogP contribution in [0.4, 0.5) is 5.13 Å². The van der Waals surface area contributed by atoms with E-state index in [0.29, 0.717) is 13.1 Å². The van der Waals surface area contributed by atoms with E-state index in [2.05, 4.69) is 10.3 Å². The molecule has 20 heavy (non-hydrogen) atoms. The molecule has 7 heteroatoms. The van der Waals surface area contributed by atoms with Crippen molar-refractivity contribution in [2.45, 2.75) is 39.0 Å². The molecule has 0 aromatic carbocycles. The summed E-state index contributed by atoms with van der Waals surface area (Å²) in [6.07, 6.45) is 2.62. The second-order valence-electron chi connectivity index (χ2n) is 4.66. The minimum Gasteiger partial charge on any atom is -0.311 e. The van der Waals surface area contributed by atoms with Gasteiger partial charge in [-0.25, -0.2) is 4.98 Å². The van der Waals surface area contributed by atoms with E-state index in [-0.39, 0.29) is 11.2 Å². The Morgan fingerprint density at radius 3 is 2.85 bits per heavy atom. The summed E-state index contributed by atoms with van der Waals surface area (Å²) in [5.74, 6) is 0.0145. The molecule has 0 aliphatic carbocycles. The van der Waals surface area contributed by atoms with Crippen LogP contribution in [-0.2, 0) is 22.1 Å². The molecule has 0 aliphatic heterocycles. The minimum absolute atomic E-state index is 0.0145. The van der Waals surface area contributed by atoms with Gasteiger partial charge in [-0.3, -0.25) is 13.9 Å². The molecule has 1 N–H and O–H groups in total. The summed E-state index contributed by atoms with van der Waals surface area (Å²) in [7, 11) is -0.765. The third-order valence-electron chi connectivity index (χ3n) is 3.07. The largest absolute Gasteiger partial charge is 0.311 e. The molecule has 0 aliphatic rings. The van der Waals surface area contributed by atoms with Gasteiger partial charge >= 0.3 is 0 Å². The van der Waals surface area contributed by atoms with E-state index in [1.165, 1.54) is 11.3 Å². The van der Waals surface area contributed by atoms with E-state index in [9.17, 15) is 9.00 Å². The van der Waals surface area contributed by atoms with Crippen molar-refractivity contribution in [1.29, 1.82) is 0 Å². The average molecular weight is 317 g/mol. The number of hydrogen-bond acceptors (Lipinski definition) is 5. The molecular formula is C13H23N3O2S2. The molecule has 1 aromatic heterocycles. The molecule has 2 atom stereocenters. The molecule has 0 saturated heterocycles. The summed E-state index contributed by atoms with van der Waals surface area (Å²) in [5, 5.41) is 6.22. The Morgan fingerprint density at radius 2 is 2.30 bits per heavy atom. The van der Waals surface area contributed by atoms with E-state index in [1.807, 2.05) is 19.2 Å². The minimum atomic E-state index is -0.765. The fourth-order valence-electron chi connectivity index (χ4n) is 1.68. The van der Waals surface area contributed by atoms with Gasteiger partial charge < -0.3 is 5.32 Å². The molecule has 0 radical (unpaired) electrons. The zero-order valence-electron chi connectivity index (χ0n) is 12.5. The Bertz CT molecular complexity index is 462. The van der Waals surface area contributed by atoms with Crippen molar-refractivity contribution in [3.05, 3.63) is 11.1 Å². The van der Waals surface area contributed by atoms with E-state index < -0.39 is 10.8 Å². The van der Waals surface area contributed by atoms with Gasteiger partial charge in [0.1, 0.15) is 0 Å². The summed E-state index contributed by atoms with van der Waals surface area (Å²) in [6, 6.07) is 0. The van der Waals surface area contributed by atoms with Crippen LogP contribution in [0.2, 0.25) is 0 Å². The molecule has 0 spiro atoms. The molecule has 0 fully saturated rings. The monoisotopic (exact) mass is 317 g/mol. The van der Waals surface area contributed by atoms with E-state index >= 15 is 0 Å². The van der Waals surface area contributed by atoms with Gasteiger partial charge in [0.2, 0.25) is 5.91 Å². The second kappa shape index (κ2) is 8.49. The maximum Gasteiger partial charge on any atom is 0.225 e. The lowest BCUT2D eigenvalue weighted by molar-refractivity contribution is -0.116. The summed E-state index contributed by atoms with van der Waals surface area (Å²) in [5.41, 5.74) is 0.940. The molecule has 1 rings (SSSR count). The van der Waals surface area contributed by atoms with Gasteiger partial charge in [-0.15, -0.1) is 11.3 Å². The highest BCUT2D eigenvalue weighted by atomic mass is 32.2. The lowest BCUT2D eigenvalue weighted by atomic mass is 10.3. The van der Waals surface area contributed by atoms with Crippen molar-refractivity contribution < 1.29 is 9.00 Å². The highest BCUT2D eigenvalue weighted by Crippen LogP contribution is 2.20. The van der Waals surface area contributed by atoms with Crippen LogP contribution in [0, 0.1) is 0 Å². The summed E-state index contributed by atoms with van der Waals surface area (Å²) < 4.78 is 11.2. The first-order valence-electron chi connectivity index (χ1n) is 6.71. The van der Waals surface area contributed by atoms with Crippen molar-refractivity contribution in [3.8, 4) is 0 Å². The Morgan fingerprint density at radius 1 is 1.60 bits per heavy atom. The normalized spacial score (nSPS) is 14.0. The molecule has 0 bridgehead atoms. The lowest BCUT2D eigenvalue weighted by Crippen LogP contribution is -2.27. The quantitative estimate of drug-likeness (QED) is 0.742. The first-order chi connectivity index (χ1) is 9.45. The summed E-state index contributed by atoms with van der Waals surface area (Å²) in [6.45, 7) is 7.61. The van der Waals surface area contributed by atoms with E-state index in [1.54, 1.807) is 18.1 Å². The predicted octanol–water partition coefficient (Wildman–Crippen LogP) is 1.76. The second-order valence-corrected chi connectivity index (χ2v) is 7.30. The number of thiazole rings is 1. The molecule has 0 saturated carbocycles. The molecule has 1 aromatic rings. The van der Waals surface area contributed by atoms with Crippen LogP contribution in [0.1, 0.15) is 32.9 Å². The number of carbonyl (C=O) groups excluding carboxylic acids is 1. The van der Waals surface area contributed by atoms with Crippen LogP contribution in [0.25, 0.3) is 0 Å². The number of rotatable bonds is 8.